The third kappa shape index (κ3) is 15.1. The Morgan fingerprint density at radius 3 is 2.31 bits per heavy atom. The van der Waals surface area contributed by atoms with Crippen LogP contribution in [0.1, 0.15) is 58.3 Å². The van der Waals surface area contributed by atoms with E-state index in [-0.39, 0.29) is 5.91 Å². The van der Waals surface area contributed by atoms with Gasteiger partial charge in [-0.15, -0.1) is 0 Å². The molecule has 1 amide bonds. The molecule has 1 rings (SSSR count). The molecule has 7 heteroatoms. The summed E-state index contributed by atoms with van der Waals surface area (Å²) in [5.41, 5.74) is 0. The Hall–Kier alpha value is 0.0500. The molecule has 1 heterocycles. The second kappa shape index (κ2) is 18.4. The lowest BCUT2D eigenvalue weighted by molar-refractivity contribution is -0.121. The SMILES string of the molecule is CCCCOCCOCCOCCCNC(=O)CCCCC1CCSS1. The Morgan fingerprint density at radius 2 is 1.65 bits per heavy atom. The van der Waals surface area contributed by atoms with Crippen LogP contribution in [0, 0.1) is 0 Å². The summed E-state index contributed by atoms with van der Waals surface area (Å²) in [6.45, 7) is 6.81. The quantitative estimate of drug-likeness (QED) is 0.273. The fourth-order valence-corrected chi connectivity index (χ4v) is 5.53. The summed E-state index contributed by atoms with van der Waals surface area (Å²) >= 11 is 0. The zero-order valence-corrected chi connectivity index (χ0v) is 18.0. The number of rotatable bonds is 18. The number of unbranched alkanes of at least 4 members (excludes halogenated alkanes) is 2. The van der Waals surface area contributed by atoms with Crippen LogP contribution in [0.2, 0.25) is 0 Å². The minimum Gasteiger partial charge on any atom is -0.379 e. The fourth-order valence-electron chi connectivity index (χ4n) is 2.50. The molecule has 1 aliphatic heterocycles. The monoisotopic (exact) mass is 407 g/mol. The molecule has 0 spiro atoms. The van der Waals surface area contributed by atoms with Crippen molar-refractivity contribution in [2.45, 2.75) is 63.5 Å². The Balaban J connectivity index is 1.72. The first kappa shape index (κ1) is 24.1. The van der Waals surface area contributed by atoms with Gasteiger partial charge in [0.05, 0.1) is 26.4 Å². The molecule has 154 valence electrons. The summed E-state index contributed by atoms with van der Waals surface area (Å²) in [5, 5.41) is 3.79. The van der Waals surface area contributed by atoms with Crippen LogP contribution in [0.4, 0.5) is 0 Å². The average molecular weight is 408 g/mol. The Kier molecular flexibility index (Phi) is 17.1. The van der Waals surface area contributed by atoms with Gasteiger partial charge < -0.3 is 19.5 Å². The highest BCUT2D eigenvalue weighted by atomic mass is 33.1. The molecule has 0 aromatic rings. The molecule has 5 nitrogen and oxygen atoms in total. The van der Waals surface area contributed by atoms with E-state index in [0.717, 1.165) is 37.5 Å². The molecule has 0 aromatic heterocycles. The van der Waals surface area contributed by atoms with Gasteiger partial charge in [-0.05, 0) is 32.1 Å². The summed E-state index contributed by atoms with van der Waals surface area (Å²) in [7, 11) is 4.00. The molecule has 0 bridgehead atoms. The molecule has 1 aliphatic rings. The lowest BCUT2D eigenvalue weighted by Crippen LogP contribution is -2.25. The third-order valence-electron chi connectivity index (χ3n) is 4.08. The van der Waals surface area contributed by atoms with Crippen molar-refractivity contribution in [2.75, 3.05) is 51.9 Å². The highest BCUT2D eigenvalue weighted by molar-refractivity contribution is 8.77. The van der Waals surface area contributed by atoms with Crippen LogP contribution in [0.15, 0.2) is 0 Å². The predicted molar refractivity (Wildman–Crippen MR) is 112 cm³/mol. The van der Waals surface area contributed by atoms with E-state index in [9.17, 15) is 4.79 Å². The van der Waals surface area contributed by atoms with Crippen LogP contribution in [-0.4, -0.2) is 63.1 Å². The molecule has 1 saturated heterocycles. The third-order valence-corrected chi connectivity index (χ3v) is 7.09. The van der Waals surface area contributed by atoms with Crippen LogP contribution < -0.4 is 5.32 Å². The normalized spacial score (nSPS) is 16.9. The van der Waals surface area contributed by atoms with E-state index in [0.29, 0.717) is 46.0 Å². The largest absolute Gasteiger partial charge is 0.379 e. The van der Waals surface area contributed by atoms with E-state index in [1.165, 1.54) is 25.0 Å². The van der Waals surface area contributed by atoms with Gasteiger partial charge in [-0.25, -0.2) is 0 Å². The van der Waals surface area contributed by atoms with Crippen molar-refractivity contribution >= 4 is 27.5 Å². The summed E-state index contributed by atoms with van der Waals surface area (Å²) in [6, 6.07) is 0. The number of hydrogen-bond donors (Lipinski definition) is 1. The van der Waals surface area contributed by atoms with Gasteiger partial charge in [0, 0.05) is 37.2 Å². The first-order chi connectivity index (χ1) is 12.8. The summed E-state index contributed by atoms with van der Waals surface area (Å²) in [5.74, 6) is 1.46. The smallest absolute Gasteiger partial charge is 0.219 e. The van der Waals surface area contributed by atoms with Gasteiger partial charge in [0.15, 0.2) is 0 Å². The summed E-state index contributed by atoms with van der Waals surface area (Å²) < 4.78 is 16.3. The molecule has 26 heavy (non-hydrogen) atoms. The summed E-state index contributed by atoms with van der Waals surface area (Å²) in [4.78, 5) is 11.7. The predicted octanol–water partition coefficient (Wildman–Crippen LogP) is 4.06. The second-order valence-corrected chi connectivity index (χ2v) is 9.26. The van der Waals surface area contributed by atoms with E-state index < -0.39 is 0 Å². The number of carbonyl (C=O) groups is 1. The molecule has 0 saturated carbocycles. The van der Waals surface area contributed by atoms with Crippen LogP contribution in [0.3, 0.4) is 0 Å². The first-order valence-electron chi connectivity index (χ1n) is 10.1. The molecular weight excluding hydrogens is 370 g/mol. The standard InChI is InChI=1S/C19H37NO4S2/c1-2-3-11-22-13-15-24-16-14-23-12-6-10-20-19(21)8-5-4-7-18-9-17-25-26-18/h18H,2-17H2,1H3,(H,20,21). The van der Waals surface area contributed by atoms with Crippen LogP contribution in [-0.2, 0) is 19.0 Å². The first-order valence-corrected chi connectivity index (χ1v) is 12.5. The molecule has 0 aromatic carbocycles. The topological polar surface area (TPSA) is 56.8 Å². The van der Waals surface area contributed by atoms with Gasteiger partial charge in [0.25, 0.3) is 0 Å². The van der Waals surface area contributed by atoms with E-state index in [2.05, 4.69) is 12.2 Å². The number of amides is 1. The summed E-state index contributed by atoms with van der Waals surface area (Å²) in [6.07, 6.45) is 8.53. The number of hydrogen-bond acceptors (Lipinski definition) is 6. The van der Waals surface area contributed by atoms with Crippen LogP contribution >= 0.6 is 21.6 Å². The van der Waals surface area contributed by atoms with Crippen molar-refractivity contribution in [1.29, 1.82) is 0 Å². The molecule has 0 radical (unpaired) electrons. The van der Waals surface area contributed by atoms with Crippen molar-refractivity contribution in [3.63, 3.8) is 0 Å². The minimum atomic E-state index is 0.171. The number of nitrogens with one attached hydrogen (secondary N) is 1. The number of carbonyl (C=O) groups excluding carboxylic acids is 1. The molecule has 0 aliphatic carbocycles. The Bertz CT molecular complexity index is 329. The van der Waals surface area contributed by atoms with Gasteiger partial charge in [-0.3, -0.25) is 4.79 Å². The van der Waals surface area contributed by atoms with E-state index >= 15 is 0 Å². The maximum atomic E-state index is 11.7. The van der Waals surface area contributed by atoms with Gasteiger partial charge in [-0.1, -0.05) is 41.4 Å². The maximum Gasteiger partial charge on any atom is 0.219 e. The van der Waals surface area contributed by atoms with E-state index in [4.69, 9.17) is 14.2 Å². The number of ether oxygens (including phenoxy) is 3. The Labute approximate surface area is 167 Å². The van der Waals surface area contributed by atoms with Crippen molar-refractivity contribution in [3.05, 3.63) is 0 Å². The van der Waals surface area contributed by atoms with Crippen molar-refractivity contribution in [3.8, 4) is 0 Å². The second-order valence-electron chi connectivity index (χ2n) is 6.47. The molecular formula is C19H37NO4S2. The average Bonchev–Trinajstić information content (AvgIpc) is 3.16. The van der Waals surface area contributed by atoms with Crippen molar-refractivity contribution < 1.29 is 19.0 Å². The van der Waals surface area contributed by atoms with Crippen LogP contribution in [0.5, 0.6) is 0 Å². The Morgan fingerprint density at radius 1 is 0.962 bits per heavy atom. The van der Waals surface area contributed by atoms with E-state index in [1.54, 1.807) is 0 Å². The van der Waals surface area contributed by atoms with Crippen molar-refractivity contribution in [2.24, 2.45) is 0 Å². The molecule has 1 atom stereocenters. The fraction of sp³-hybridized carbons (Fsp3) is 0.947. The molecule has 1 unspecified atom stereocenters. The highest BCUT2D eigenvalue weighted by Gasteiger charge is 2.15. The zero-order valence-electron chi connectivity index (χ0n) is 16.3. The van der Waals surface area contributed by atoms with Gasteiger partial charge in [-0.2, -0.15) is 0 Å². The highest BCUT2D eigenvalue weighted by Crippen LogP contribution is 2.39. The lowest BCUT2D eigenvalue weighted by atomic mass is 10.1. The lowest BCUT2D eigenvalue weighted by Gasteiger charge is -2.08. The zero-order chi connectivity index (χ0) is 18.7. The van der Waals surface area contributed by atoms with Crippen molar-refractivity contribution in [1.82, 2.24) is 5.32 Å². The molecule has 1 N–H and O–H groups in total. The van der Waals surface area contributed by atoms with Gasteiger partial charge in [0.2, 0.25) is 5.91 Å². The van der Waals surface area contributed by atoms with Gasteiger partial charge >= 0.3 is 0 Å². The van der Waals surface area contributed by atoms with E-state index in [1.807, 2.05) is 21.6 Å². The van der Waals surface area contributed by atoms with Gasteiger partial charge in [0.1, 0.15) is 0 Å². The maximum absolute atomic E-state index is 11.7. The minimum absolute atomic E-state index is 0.171. The molecule has 1 fully saturated rings. The van der Waals surface area contributed by atoms with Crippen LogP contribution in [0.25, 0.3) is 0 Å².